The van der Waals surface area contributed by atoms with Gasteiger partial charge in [0.25, 0.3) is 0 Å². The molecule has 14 heavy (non-hydrogen) atoms. The highest BCUT2D eigenvalue weighted by molar-refractivity contribution is 7.96. The number of ether oxygens (including phenoxy) is 1. The normalized spacial score (nSPS) is 10.6. The van der Waals surface area contributed by atoms with Crippen LogP contribution in [0.3, 0.4) is 0 Å². The minimum Gasteiger partial charge on any atom is -0.483 e. The van der Waals surface area contributed by atoms with Gasteiger partial charge in [0.05, 0.1) is 4.90 Å². The summed E-state index contributed by atoms with van der Waals surface area (Å²) in [7, 11) is -3.58. The molecule has 0 saturated carbocycles. The van der Waals surface area contributed by atoms with Crippen molar-refractivity contribution >= 4 is 22.5 Å². The number of thiol groups is 1. The van der Waals surface area contributed by atoms with Gasteiger partial charge in [-0.2, -0.15) is 0 Å². The van der Waals surface area contributed by atoms with Gasteiger partial charge in [-0.15, -0.1) is 19.1 Å². The van der Waals surface area contributed by atoms with E-state index in [4.69, 9.17) is 11.2 Å². The second-order valence-corrected chi connectivity index (χ2v) is 4.34. The number of terminal acetylenes is 1. The molecule has 0 aliphatic rings. The maximum absolute atomic E-state index is 11.2. The Balaban J connectivity index is 3.02. The van der Waals surface area contributed by atoms with E-state index in [2.05, 4.69) is 12.6 Å². The number of sulfone groups is 1. The fourth-order valence-corrected chi connectivity index (χ4v) is 1.64. The summed E-state index contributed by atoms with van der Waals surface area (Å²) in [4.78, 5) is 0.0894. The van der Waals surface area contributed by atoms with E-state index in [0.717, 1.165) is 0 Å². The summed E-state index contributed by atoms with van der Waals surface area (Å²) < 4.78 is 27.4. The molecule has 0 radical (unpaired) electrons. The highest BCUT2D eigenvalue weighted by atomic mass is 32.2. The second-order valence-electron chi connectivity index (χ2n) is 2.37. The molecular formula is C9H8O3S2. The van der Waals surface area contributed by atoms with Crippen molar-refractivity contribution < 1.29 is 13.2 Å². The van der Waals surface area contributed by atoms with Crippen LogP contribution in [0, 0.1) is 11.7 Å². The van der Waals surface area contributed by atoms with E-state index in [0.29, 0.717) is 5.75 Å². The van der Waals surface area contributed by atoms with Crippen LogP contribution < -0.4 is 4.74 Å². The van der Waals surface area contributed by atoms with Crippen LogP contribution in [0.5, 0.6) is 5.75 Å². The van der Waals surface area contributed by atoms with Gasteiger partial charge in [0.15, 0.2) is 0 Å². The fourth-order valence-electron chi connectivity index (χ4n) is 0.858. The van der Waals surface area contributed by atoms with Gasteiger partial charge >= 0.3 is 0 Å². The number of rotatable bonds is 3. The summed E-state index contributed by atoms with van der Waals surface area (Å²) in [6.45, 7) is 0. The Morgan fingerprint density at radius 1 is 1.36 bits per heavy atom. The van der Waals surface area contributed by atoms with E-state index in [1.807, 2.05) is 0 Å². The van der Waals surface area contributed by atoms with Crippen molar-refractivity contribution in [2.75, 3.05) is 5.94 Å². The van der Waals surface area contributed by atoms with Crippen molar-refractivity contribution in [2.24, 2.45) is 0 Å². The van der Waals surface area contributed by atoms with E-state index < -0.39 is 9.84 Å². The molecule has 5 heteroatoms. The zero-order chi connectivity index (χ0) is 10.6. The first-order valence-electron chi connectivity index (χ1n) is 3.66. The van der Waals surface area contributed by atoms with Crippen LogP contribution in [0.25, 0.3) is 0 Å². The highest BCUT2D eigenvalue weighted by Gasteiger charge is 2.09. The van der Waals surface area contributed by atoms with Gasteiger partial charge in [0.1, 0.15) is 11.7 Å². The molecule has 0 saturated heterocycles. The summed E-state index contributed by atoms with van der Waals surface area (Å²) >= 11 is 3.86. The highest BCUT2D eigenvalue weighted by Crippen LogP contribution is 2.16. The van der Waals surface area contributed by atoms with Gasteiger partial charge in [0.2, 0.25) is 9.84 Å². The van der Waals surface area contributed by atoms with Gasteiger partial charge in [-0.05, 0) is 24.3 Å². The van der Waals surface area contributed by atoms with E-state index >= 15 is 0 Å². The topological polar surface area (TPSA) is 43.4 Å². The second kappa shape index (κ2) is 4.40. The first-order valence-corrected chi connectivity index (χ1v) is 5.78. The van der Waals surface area contributed by atoms with Crippen LogP contribution in [-0.2, 0) is 9.84 Å². The predicted molar refractivity (Wildman–Crippen MR) is 56.9 cm³/mol. The minimum atomic E-state index is -3.58. The zero-order valence-electron chi connectivity index (χ0n) is 7.17. The van der Waals surface area contributed by atoms with E-state index in [9.17, 15) is 8.42 Å². The Morgan fingerprint density at radius 2 is 1.93 bits per heavy atom. The first kappa shape index (κ1) is 11.0. The largest absolute Gasteiger partial charge is 0.483 e. The molecule has 0 spiro atoms. The molecule has 1 aromatic rings. The molecule has 0 heterocycles. The SMILES string of the molecule is C#CS(=O)(=O)c1ccc(OCS)cc1. The third-order valence-electron chi connectivity index (χ3n) is 1.52. The first-order chi connectivity index (χ1) is 6.60. The van der Waals surface area contributed by atoms with Gasteiger partial charge in [-0.3, -0.25) is 0 Å². The van der Waals surface area contributed by atoms with Crippen molar-refractivity contribution in [3.05, 3.63) is 24.3 Å². The Kier molecular flexibility index (Phi) is 3.44. The lowest BCUT2D eigenvalue weighted by Gasteiger charge is -2.02. The molecule has 0 amide bonds. The quantitative estimate of drug-likeness (QED) is 0.367. The Hall–Kier alpha value is -1.12. The van der Waals surface area contributed by atoms with Crippen molar-refractivity contribution in [1.82, 2.24) is 0 Å². The van der Waals surface area contributed by atoms with Crippen molar-refractivity contribution in [1.29, 1.82) is 0 Å². The van der Waals surface area contributed by atoms with E-state index in [1.54, 1.807) is 5.25 Å². The Bertz CT molecular complexity index is 440. The molecule has 1 rings (SSSR count). The van der Waals surface area contributed by atoms with Gasteiger partial charge < -0.3 is 4.74 Å². The lowest BCUT2D eigenvalue weighted by Crippen LogP contribution is -1.96. The van der Waals surface area contributed by atoms with Crippen LogP contribution in [0.15, 0.2) is 29.2 Å². The van der Waals surface area contributed by atoms with Gasteiger partial charge in [-0.25, -0.2) is 8.42 Å². The van der Waals surface area contributed by atoms with E-state index in [-0.39, 0.29) is 10.8 Å². The Labute approximate surface area is 88.4 Å². The lowest BCUT2D eigenvalue weighted by molar-refractivity contribution is 0.394. The fraction of sp³-hybridized carbons (Fsp3) is 0.111. The maximum Gasteiger partial charge on any atom is 0.244 e. The van der Waals surface area contributed by atoms with Gasteiger partial charge in [-0.1, -0.05) is 0 Å². The van der Waals surface area contributed by atoms with Crippen LogP contribution in [-0.4, -0.2) is 14.4 Å². The number of benzene rings is 1. The average Bonchev–Trinajstić information content (AvgIpc) is 2.19. The van der Waals surface area contributed by atoms with Crippen molar-refractivity contribution in [2.45, 2.75) is 4.90 Å². The molecular weight excluding hydrogens is 220 g/mol. The number of hydrogen-bond donors (Lipinski definition) is 1. The summed E-state index contributed by atoms with van der Waals surface area (Å²) in [5.74, 6) is 0.789. The monoisotopic (exact) mass is 228 g/mol. The molecule has 0 bridgehead atoms. The molecule has 0 aliphatic carbocycles. The average molecular weight is 228 g/mol. The van der Waals surface area contributed by atoms with Crippen LogP contribution in [0.1, 0.15) is 0 Å². The summed E-state index contributed by atoms with van der Waals surface area (Å²) in [5.41, 5.74) is 0. The molecule has 74 valence electrons. The molecule has 3 nitrogen and oxygen atoms in total. The molecule has 0 aliphatic heterocycles. The standard InChI is InChI=1S/C9H8O3S2/c1-2-14(10,11)9-5-3-8(4-6-9)12-7-13/h1,3-6,13H,7H2. The van der Waals surface area contributed by atoms with Crippen molar-refractivity contribution in [3.8, 4) is 17.4 Å². The van der Waals surface area contributed by atoms with E-state index in [1.165, 1.54) is 24.3 Å². The third-order valence-corrected chi connectivity index (χ3v) is 2.85. The molecule has 0 atom stereocenters. The van der Waals surface area contributed by atoms with Crippen molar-refractivity contribution in [3.63, 3.8) is 0 Å². The maximum atomic E-state index is 11.2. The lowest BCUT2D eigenvalue weighted by atomic mass is 10.3. The molecule has 0 N–H and O–H groups in total. The Morgan fingerprint density at radius 3 is 2.36 bits per heavy atom. The zero-order valence-corrected chi connectivity index (χ0v) is 8.88. The molecule has 0 aromatic heterocycles. The summed E-state index contributed by atoms with van der Waals surface area (Å²) in [6.07, 6.45) is 4.85. The predicted octanol–water partition coefficient (Wildman–Crippen LogP) is 1.32. The van der Waals surface area contributed by atoms with Gasteiger partial charge in [0, 0.05) is 5.25 Å². The number of hydrogen-bond acceptors (Lipinski definition) is 4. The van der Waals surface area contributed by atoms with Crippen LogP contribution >= 0.6 is 12.6 Å². The molecule has 0 fully saturated rings. The summed E-state index contributed by atoms with van der Waals surface area (Å²) in [5, 5.41) is 1.73. The molecule has 0 unspecified atom stereocenters. The summed E-state index contributed by atoms with van der Waals surface area (Å²) in [6, 6.07) is 5.85. The van der Waals surface area contributed by atoms with Crippen LogP contribution in [0.2, 0.25) is 0 Å². The van der Waals surface area contributed by atoms with Crippen LogP contribution in [0.4, 0.5) is 0 Å². The molecule has 1 aromatic carbocycles. The minimum absolute atomic E-state index is 0.0894. The third kappa shape index (κ3) is 2.44. The smallest absolute Gasteiger partial charge is 0.244 e.